The van der Waals surface area contributed by atoms with E-state index in [1.165, 1.54) is 25.3 Å². The van der Waals surface area contributed by atoms with Gasteiger partial charge in [0.25, 0.3) is 0 Å². The number of para-hydroxylation sites is 1. The van der Waals surface area contributed by atoms with E-state index in [1.54, 1.807) is 17.0 Å². The molecule has 0 aliphatic rings. The first-order valence-corrected chi connectivity index (χ1v) is 9.73. The standard InChI is InChI=1S/C22H27FN4O4/c1-15-7-6-10-18(16(15)2)24-20(28)13-27(11-12-31-3)14-21(29)26-22(30)25-19-9-5-4-8-17(19)23/h4-10H,11-14H2,1-3H3,(H,24,28)(H2,25,26,29,30). The number of aryl methyl sites for hydroxylation is 1. The van der Waals surface area contributed by atoms with Crippen LogP contribution in [0, 0.1) is 19.7 Å². The van der Waals surface area contributed by atoms with Crippen molar-refractivity contribution in [3.05, 3.63) is 59.4 Å². The number of rotatable bonds is 9. The molecule has 0 fully saturated rings. The second-order valence-corrected chi connectivity index (χ2v) is 6.98. The first kappa shape index (κ1) is 24.0. The summed E-state index contributed by atoms with van der Waals surface area (Å²) in [5.74, 6) is -1.55. The van der Waals surface area contributed by atoms with E-state index in [-0.39, 0.29) is 24.7 Å². The maximum absolute atomic E-state index is 13.6. The molecule has 0 radical (unpaired) electrons. The molecule has 0 heterocycles. The Hall–Kier alpha value is -3.30. The molecule has 4 amide bonds. The molecule has 0 saturated carbocycles. The van der Waals surface area contributed by atoms with Crippen LogP contribution in [-0.2, 0) is 14.3 Å². The van der Waals surface area contributed by atoms with Crippen LogP contribution in [0.3, 0.4) is 0 Å². The fraction of sp³-hybridized carbons (Fsp3) is 0.318. The Morgan fingerprint density at radius 1 is 0.935 bits per heavy atom. The van der Waals surface area contributed by atoms with Gasteiger partial charge in [-0.15, -0.1) is 0 Å². The van der Waals surface area contributed by atoms with Crippen molar-refractivity contribution in [1.29, 1.82) is 0 Å². The molecule has 8 nitrogen and oxygen atoms in total. The number of imide groups is 1. The SMILES string of the molecule is COCCN(CC(=O)NC(=O)Nc1ccccc1F)CC(=O)Nc1cccc(C)c1C. The highest BCUT2D eigenvalue weighted by Crippen LogP contribution is 2.17. The molecule has 2 rings (SSSR count). The van der Waals surface area contributed by atoms with Crippen molar-refractivity contribution < 1.29 is 23.5 Å². The van der Waals surface area contributed by atoms with E-state index in [1.807, 2.05) is 26.0 Å². The van der Waals surface area contributed by atoms with Gasteiger partial charge in [-0.05, 0) is 43.2 Å². The van der Waals surface area contributed by atoms with Crippen LogP contribution in [0.25, 0.3) is 0 Å². The molecule has 2 aromatic rings. The molecular formula is C22H27FN4O4. The fourth-order valence-corrected chi connectivity index (χ4v) is 2.80. The van der Waals surface area contributed by atoms with Crippen molar-refractivity contribution in [3.63, 3.8) is 0 Å². The van der Waals surface area contributed by atoms with E-state index in [0.717, 1.165) is 11.1 Å². The van der Waals surface area contributed by atoms with Crippen LogP contribution in [0.5, 0.6) is 0 Å². The van der Waals surface area contributed by atoms with E-state index in [4.69, 9.17) is 4.74 Å². The maximum atomic E-state index is 13.6. The van der Waals surface area contributed by atoms with Crippen LogP contribution >= 0.6 is 0 Å². The van der Waals surface area contributed by atoms with Gasteiger partial charge in [0.1, 0.15) is 5.82 Å². The molecular weight excluding hydrogens is 403 g/mol. The average Bonchev–Trinajstić information content (AvgIpc) is 2.71. The minimum Gasteiger partial charge on any atom is -0.383 e. The normalized spacial score (nSPS) is 10.6. The molecule has 2 aromatic carbocycles. The zero-order valence-electron chi connectivity index (χ0n) is 17.8. The molecule has 9 heteroatoms. The van der Waals surface area contributed by atoms with E-state index >= 15 is 0 Å². The zero-order chi connectivity index (χ0) is 22.8. The number of amides is 4. The molecule has 0 saturated heterocycles. The minimum atomic E-state index is -0.860. The summed E-state index contributed by atoms with van der Waals surface area (Å²) in [4.78, 5) is 38.3. The lowest BCUT2D eigenvalue weighted by Gasteiger charge is -2.21. The number of carbonyl (C=O) groups is 3. The summed E-state index contributed by atoms with van der Waals surface area (Å²) in [6.07, 6.45) is 0. The summed E-state index contributed by atoms with van der Waals surface area (Å²) in [6, 6.07) is 10.4. The number of nitrogens with zero attached hydrogens (tertiary/aromatic N) is 1. The van der Waals surface area contributed by atoms with Gasteiger partial charge in [0, 0.05) is 19.3 Å². The molecule has 0 bridgehead atoms. The highest BCUT2D eigenvalue weighted by Gasteiger charge is 2.17. The number of benzene rings is 2. The van der Waals surface area contributed by atoms with Crippen molar-refractivity contribution >= 4 is 29.2 Å². The molecule has 31 heavy (non-hydrogen) atoms. The molecule has 3 N–H and O–H groups in total. The third-order valence-electron chi connectivity index (χ3n) is 4.60. The van der Waals surface area contributed by atoms with Gasteiger partial charge in [0.2, 0.25) is 11.8 Å². The van der Waals surface area contributed by atoms with E-state index in [0.29, 0.717) is 18.8 Å². The number of halogens is 1. The molecule has 0 aliphatic carbocycles. The predicted molar refractivity (Wildman–Crippen MR) is 116 cm³/mol. The number of hydrogen-bond donors (Lipinski definition) is 3. The molecule has 0 spiro atoms. The van der Waals surface area contributed by atoms with Crippen molar-refractivity contribution in [2.75, 3.05) is 44.0 Å². The van der Waals surface area contributed by atoms with Crippen molar-refractivity contribution in [1.82, 2.24) is 10.2 Å². The minimum absolute atomic E-state index is 0.0445. The second kappa shape index (κ2) is 11.8. The fourth-order valence-electron chi connectivity index (χ4n) is 2.80. The van der Waals surface area contributed by atoms with Gasteiger partial charge in [0.05, 0.1) is 25.4 Å². The van der Waals surface area contributed by atoms with Gasteiger partial charge in [0.15, 0.2) is 0 Å². The Morgan fingerprint density at radius 3 is 2.32 bits per heavy atom. The number of anilines is 2. The highest BCUT2D eigenvalue weighted by molar-refractivity contribution is 6.02. The number of hydrogen-bond acceptors (Lipinski definition) is 5. The molecule has 0 aliphatic heterocycles. The third-order valence-corrected chi connectivity index (χ3v) is 4.60. The van der Waals surface area contributed by atoms with Crippen molar-refractivity contribution in [3.8, 4) is 0 Å². The molecule has 166 valence electrons. The highest BCUT2D eigenvalue weighted by atomic mass is 19.1. The number of nitrogens with one attached hydrogen (secondary N) is 3. The number of ether oxygens (including phenoxy) is 1. The first-order chi connectivity index (χ1) is 14.8. The number of methoxy groups -OCH3 is 1. The summed E-state index contributed by atoms with van der Waals surface area (Å²) in [5.41, 5.74) is 2.67. The molecule has 0 unspecified atom stereocenters. The van der Waals surface area contributed by atoms with E-state index in [2.05, 4.69) is 16.0 Å². The Labute approximate surface area is 180 Å². The Balaban J connectivity index is 1.92. The second-order valence-electron chi connectivity index (χ2n) is 6.98. The Bertz CT molecular complexity index is 935. The molecule has 0 aromatic heterocycles. The monoisotopic (exact) mass is 430 g/mol. The molecule has 0 atom stereocenters. The average molecular weight is 430 g/mol. The summed E-state index contributed by atoms with van der Waals surface area (Å²) in [5, 5.41) is 7.24. The Morgan fingerprint density at radius 2 is 1.61 bits per heavy atom. The van der Waals surface area contributed by atoms with Crippen LogP contribution in [0.1, 0.15) is 11.1 Å². The number of carbonyl (C=O) groups excluding carboxylic acids is 3. The van der Waals surface area contributed by atoms with E-state index in [9.17, 15) is 18.8 Å². The van der Waals surface area contributed by atoms with Gasteiger partial charge in [-0.3, -0.25) is 19.8 Å². The van der Waals surface area contributed by atoms with Crippen LogP contribution in [0.2, 0.25) is 0 Å². The van der Waals surface area contributed by atoms with Gasteiger partial charge in [-0.2, -0.15) is 0 Å². The topological polar surface area (TPSA) is 99.8 Å². The first-order valence-electron chi connectivity index (χ1n) is 9.73. The van der Waals surface area contributed by atoms with Gasteiger partial charge >= 0.3 is 6.03 Å². The maximum Gasteiger partial charge on any atom is 0.326 e. The summed E-state index contributed by atoms with van der Waals surface area (Å²) in [7, 11) is 1.51. The zero-order valence-corrected chi connectivity index (χ0v) is 17.8. The summed E-state index contributed by atoms with van der Waals surface area (Å²) in [6.45, 7) is 4.18. The largest absolute Gasteiger partial charge is 0.383 e. The Kier molecular flexibility index (Phi) is 9.11. The van der Waals surface area contributed by atoms with Crippen molar-refractivity contribution in [2.45, 2.75) is 13.8 Å². The van der Waals surface area contributed by atoms with E-state index < -0.39 is 17.8 Å². The van der Waals surface area contributed by atoms with Gasteiger partial charge in [-0.1, -0.05) is 24.3 Å². The lowest BCUT2D eigenvalue weighted by molar-refractivity contribution is -0.122. The smallest absolute Gasteiger partial charge is 0.326 e. The van der Waals surface area contributed by atoms with Crippen LogP contribution in [-0.4, -0.2) is 56.1 Å². The summed E-state index contributed by atoms with van der Waals surface area (Å²) >= 11 is 0. The third kappa shape index (κ3) is 7.80. The predicted octanol–water partition coefficient (Wildman–Crippen LogP) is 2.68. The van der Waals surface area contributed by atoms with Crippen LogP contribution in [0.15, 0.2) is 42.5 Å². The van der Waals surface area contributed by atoms with Crippen LogP contribution in [0.4, 0.5) is 20.6 Å². The van der Waals surface area contributed by atoms with Crippen molar-refractivity contribution in [2.24, 2.45) is 0 Å². The lowest BCUT2D eigenvalue weighted by Crippen LogP contribution is -2.45. The van der Waals surface area contributed by atoms with Gasteiger partial charge in [-0.25, -0.2) is 9.18 Å². The lowest BCUT2D eigenvalue weighted by atomic mass is 10.1. The quantitative estimate of drug-likeness (QED) is 0.568. The summed E-state index contributed by atoms with van der Waals surface area (Å²) < 4.78 is 18.7. The number of urea groups is 1. The van der Waals surface area contributed by atoms with Crippen LogP contribution < -0.4 is 16.0 Å². The van der Waals surface area contributed by atoms with Gasteiger partial charge < -0.3 is 15.4 Å².